The maximum Gasteiger partial charge on any atom is 0.136 e. The van der Waals surface area contributed by atoms with E-state index in [1.54, 1.807) is 6.07 Å². The normalized spacial score (nSPS) is 16.9. The van der Waals surface area contributed by atoms with Crippen LogP contribution in [0.3, 0.4) is 0 Å². The van der Waals surface area contributed by atoms with E-state index >= 15 is 0 Å². The van der Waals surface area contributed by atoms with Gasteiger partial charge in [-0.1, -0.05) is 0 Å². The molecule has 1 aromatic carbocycles. The fourth-order valence-corrected chi connectivity index (χ4v) is 2.34. The van der Waals surface area contributed by atoms with Gasteiger partial charge in [-0.2, -0.15) is 0 Å². The summed E-state index contributed by atoms with van der Waals surface area (Å²) < 4.78 is 13.6. The Bertz CT molecular complexity index is 384. The summed E-state index contributed by atoms with van der Waals surface area (Å²) >= 11 is 3.33. The summed E-state index contributed by atoms with van der Waals surface area (Å²) in [4.78, 5) is 13.2. The van der Waals surface area contributed by atoms with Crippen molar-refractivity contribution in [1.29, 1.82) is 0 Å². The molecule has 0 N–H and O–H groups in total. The summed E-state index contributed by atoms with van der Waals surface area (Å²) in [5, 5.41) is 0. The molecule has 0 aliphatic carbocycles. The first-order chi connectivity index (χ1) is 7.16. The number of hydrogen-bond acceptors (Lipinski definition) is 2. The molecule has 1 aliphatic heterocycles. The van der Waals surface area contributed by atoms with Gasteiger partial charge in [-0.05, 0) is 34.1 Å². The molecule has 4 heteroatoms. The standard InChI is InChI=1S/C11H11BrFNO/c12-10-7-8(13)1-2-11(10)14-5-3-9(15)4-6-14/h1-2,7H,3-6H2. The zero-order valence-corrected chi connectivity index (χ0v) is 9.76. The van der Waals surface area contributed by atoms with Crippen LogP contribution in [0.15, 0.2) is 22.7 Å². The number of carbonyl (C=O) groups is 1. The molecule has 1 fully saturated rings. The molecule has 0 radical (unpaired) electrons. The van der Waals surface area contributed by atoms with Crippen molar-refractivity contribution in [3.8, 4) is 0 Å². The molecule has 1 aliphatic rings. The molecule has 0 amide bonds. The Labute approximate surface area is 96.2 Å². The number of halogens is 2. The van der Waals surface area contributed by atoms with Crippen LogP contribution in [0.2, 0.25) is 0 Å². The third-order valence-corrected chi connectivity index (χ3v) is 3.21. The minimum Gasteiger partial charge on any atom is -0.370 e. The summed E-state index contributed by atoms with van der Waals surface area (Å²) in [6.07, 6.45) is 1.17. The van der Waals surface area contributed by atoms with Crippen molar-refractivity contribution >= 4 is 27.4 Å². The van der Waals surface area contributed by atoms with Gasteiger partial charge in [0.25, 0.3) is 0 Å². The van der Waals surface area contributed by atoms with Crippen LogP contribution in [0.5, 0.6) is 0 Å². The van der Waals surface area contributed by atoms with Crippen molar-refractivity contribution in [2.24, 2.45) is 0 Å². The third-order valence-electron chi connectivity index (χ3n) is 2.57. The number of Topliss-reactive ketones (excluding diaryl/α,β-unsaturated/α-hetero) is 1. The van der Waals surface area contributed by atoms with Crippen LogP contribution < -0.4 is 4.90 Å². The van der Waals surface area contributed by atoms with E-state index in [0.29, 0.717) is 18.6 Å². The van der Waals surface area contributed by atoms with Gasteiger partial charge in [0.05, 0.1) is 5.69 Å². The van der Waals surface area contributed by atoms with Crippen molar-refractivity contribution in [1.82, 2.24) is 0 Å². The average molecular weight is 272 g/mol. The van der Waals surface area contributed by atoms with Crippen molar-refractivity contribution in [3.05, 3.63) is 28.5 Å². The molecule has 80 valence electrons. The van der Waals surface area contributed by atoms with Gasteiger partial charge in [-0.3, -0.25) is 4.79 Å². The molecule has 0 saturated carbocycles. The van der Waals surface area contributed by atoms with Crippen LogP contribution >= 0.6 is 15.9 Å². The van der Waals surface area contributed by atoms with Crippen LogP contribution in [-0.4, -0.2) is 18.9 Å². The Morgan fingerprint density at radius 1 is 1.27 bits per heavy atom. The van der Waals surface area contributed by atoms with Crippen LogP contribution in [0.1, 0.15) is 12.8 Å². The van der Waals surface area contributed by atoms with E-state index < -0.39 is 0 Å². The highest BCUT2D eigenvalue weighted by Gasteiger charge is 2.18. The van der Waals surface area contributed by atoms with Crippen molar-refractivity contribution < 1.29 is 9.18 Å². The SMILES string of the molecule is O=C1CCN(c2ccc(F)cc2Br)CC1. The first-order valence-electron chi connectivity index (χ1n) is 4.88. The van der Waals surface area contributed by atoms with Crippen LogP contribution in [-0.2, 0) is 4.79 Å². The topological polar surface area (TPSA) is 20.3 Å². The van der Waals surface area contributed by atoms with E-state index in [1.165, 1.54) is 12.1 Å². The second-order valence-electron chi connectivity index (χ2n) is 3.62. The van der Waals surface area contributed by atoms with Crippen LogP contribution in [0.25, 0.3) is 0 Å². The number of rotatable bonds is 1. The van der Waals surface area contributed by atoms with E-state index in [2.05, 4.69) is 20.8 Å². The van der Waals surface area contributed by atoms with Crippen LogP contribution in [0.4, 0.5) is 10.1 Å². The van der Waals surface area contributed by atoms with Crippen molar-refractivity contribution in [2.75, 3.05) is 18.0 Å². The van der Waals surface area contributed by atoms with E-state index in [4.69, 9.17) is 0 Å². The Kier molecular flexibility index (Phi) is 3.05. The molecule has 0 atom stereocenters. The van der Waals surface area contributed by atoms with Crippen molar-refractivity contribution in [3.63, 3.8) is 0 Å². The lowest BCUT2D eigenvalue weighted by atomic mass is 10.1. The van der Waals surface area contributed by atoms with Gasteiger partial charge in [0.2, 0.25) is 0 Å². The Hall–Kier alpha value is -0.900. The number of anilines is 1. The largest absolute Gasteiger partial charge is 0.370 e. The van der Waals surface area contributed by atoms with Gasteiger partial charge >= 0.3 is 0 Å². The van der Waals surface area contributed by atoms with E-state index in [0.717, 1.165) is 23.2 Å². The first-order valence-corrected chi connectivity index (χ1v) is 5.68. The molecule has 2 nitrogen and oxygen atoms in total. The van der Waals surface area contributed by atoms with E-state index in [-0.39, 0.29) is 5.82 Å². The number of nitrogens with zero attached hydrogens (tertiary/aromatic N) is 1. The number of carbonyl (C=O) groups excluding carboxylic acids is 1. The fraction of sp³-hybridized carbons (Fsp3) is 0.364. The van der Waals surface area contributed by atoms with E-state index in [9.17, 15) is 9.18 Å². The number of hydrogen-bond donors (Lipinski definition) is 0. The molecule has 1 aromatic rings. The maximum absolute atomic E-state index is 12.9. The molecular weight excluding hydrogens is 261 g/mol. The summed E-state index contributed by atoms with van der Waals surface area (Å²) in [5.74, 6) is 0.0585. The molecule has 0 spiro atoms. The number of piperidine rings is 1. The second kappa shape index (κ2) is 4.31. The molecule has 1 saturated heterocycles. The summed E-state index contributed by atoms with van der Waals surface area (Å²) in [6.45, 7) is 1.45. The Morgan fingerprint density at radius 2 is 1.93 bits per heavy atom. The highest BCUT2D eigenvalue weighted by atomic mass is 79.9. The lowest BCUT2D eigenvalue weighted by Crippen LogP contribution is -2.33. The second-order valence-corrected chi connectivity index (χ2v) is 4.48. The third kappa shape index (κ3) is 2.37. The van der Waals surface area contributed by atoms with Crippen LogP contribution in [0, 0.1) is 5.82 Å². The summed E-state index contributed by atoms with van der Waals surface area (Å²) in [7, 11) is 0. The minimum atomic E-state index is -0.251. The lowest BCUT2D eigenvalue weighted by Gasteiger charge is -2.28. The Balaban J connectivity index is 2.19. The average Bonchev–Trinajstić information content (AvgIpc) is 2.20. The summed E-state index contributed by atoms with van der Waals surface area (Å²) in [6, 6.07) is 4.64. The number of ketones is 1. The molecular formula is C11H11BrFNO. The van der Waals surface area contributed by atoms with Gasteiger partial charge in [0.1, 0.15) is 11.6 Å². The zero-order chi connectivity index (χ0) is 10.8. The van der Waals surface area contributed by atoms with E-state index in [1.807, 2.05) is 0 Å². The summed E-state index contributed by atoms with van der Waals surface area (Å²) in [5.41, 5.74) is 0.962. The molecule has 15 heavy (non-hydrogen) atoms. The highest BCUT2D eigenvalue weighted by molar-refractivity contribution is 9.10. The highest BCUT2D eigenvalue weighted by Crippen LogP contribution is 2.28. The van der Waals surface area contributed by atoms with Gasteiger partial charge < -0.3 is 4.90 Å². The zero-order valence-electron chi connectivity index (χ0n) is 8.17. The minimum absolute atomic E-state index is 0.251. The fourth-order valence-electron chi connectivity index (χ4n) is 1.73. The van der Waals surface area contributed by atoms with Gasteiger partial charge in [0, 0.05) is 30.4 Å². The number of benzene rings is 1. The lowest BCUT2D eigenvalue weighted by molar-refractivity contribution is -0.119. The van der Waals surface area contributed by atoms with Gasteiger partial charge in [-0.25, -0.2) is 4.39 Å². The molecule has 0 bridgehead atoms. The quantitative estimate of drug-likeness (QED) is 0.783. The molecule has 1 heterocycles. The predicted octanol–water partition coefficient (Wildman–Crippen LogP) is 2.76. The first kappa shape index (κ1) is 10.6. The maximum atomic E-state index is 12.9. The smallest absolute Gasteiger partial charge is 0.136 e. The monoisotopic (exact) mass is 271 g/mol. The molecule has 2 rings (SSSR count). The predicted molar refractivity (Wildman–Crippen MR) is 60.6 cm³/mol. The van der Waals surface area contributed by atoms with Crippen molar-refractivity contribution in [2.45, 2.75) is 12.8 Å². The molecule has 0 aromatic heterocycles. The molecule has 0 unspecified atom stereocenters. The Morgan fingerprint density at radius 3 is 2.53 bits per heavy atom. The van der Waals surface area contributed by atoms with Gasteiger partial charge in [0.15, 0.2) is 0 Å². The van der Waals surface area contributed by atoms with Gasteiger partial charge in [-0.15, -0.1) is 0 Å².